The molecule has 0 radical (unpaired) electrons. The SMILES string of the molecule is O=C1c2ccccc2CN1[C@H](c1cc2cccnc2[nH]1)c1cc(F)ccc1O. The molecule has 0 saturated carbocycles. The van der Waals surface area contributed by atoms with Gasteiger partial charge in [0.15, 0.2) is 0 Å². The predicted octanol–water partition coefficient (Wildman–Crippen LogP) is 4.15. The first kappa shape index (κ1) is 16.5. The van der Waals surface area contributed by atoms with Gasteiger partial charge in [-0.15, -0.1) is 0 Å². The van der Waals surface area contributed by atoms with Crippen LogP contribution in [0.5, 0.6) is 5.75 Å². The Morgan fingerprint density at radius 3 is 2.79 bits per heavy atom. The average molecular weight is 373 g/mol. The molecule has 0 saturated heterocycles. The van der Waals surface area contributed by atoms with Crippen molar-refractivity contribution in [1.82, 2.24) is 14.9 Å². The summed E-state index contributed by atoms with van der Waals surface area (Å²) in [6, 6.07) is 16.1. The van der Waals surface area contributed by atoms with Gasteiger partial charge in [0.25, 0.3) is 5.91 Å². The van der Waals surface area contributed by atoms with E-state index in [1.807, 2.05) is 36.4 Å². The lowest BCUT2D eigenvalue weighted by Crippen LogP contribution is -2.30. The molecule has 1 amide bonds. The maximum atomic E-state index is 14.0. The molecule has 138 valence electrons. The van der Waals surface area contributed by atoms with Gasteiger partial charge in [0.05, 0.1) is 0 Å². The van der Waals surface area contributed by atoms with E-state index in [9.17, 15) is 14.3 Å². The number of H-pyrrole nitrogens is 1. The number of phenols is 1. The van der Waals surface area contributed by atoms with Crippen molar-refractivity contribution in [3.63, 3.8) is 0 Å². The van der Waals surface area contributed by atoms with Crippen LogP contribution in [0.15, 0.2) is 66.9 Å². The van der Waals surface area contributed by atoms with Crippen molar-refractivity contribution in [3.05, 3.63) is 95.1 Å². The molecule has 5 rings (SSSR count). The Kier molecular flexibility index (Phi) is 3.65. The van der Waals surface area contributed by atoms with Crippen LogP contribution in [0.25, 0.3) is 11.0 Å². The van der Waals surface area contributed by atoms with Gasteiger partial charge in [-0.2, -0.15) is 0 Å². The highest BCUT2D eigenvalue weighted by molar-refractivity contribution is 5.99. The van der Waals surface area contributed by atoms with E-state index in [2.05, 4.69) is 9.97 Å². The fourth-order valence-electron chi connectivity index (χ4n) is 3.86. The molecule has 28 heavy (non-hydrogen) atoms. The summed E-state index contributed by atoms with van der Waals surface area (Å²) >= 11 is 0. The number of halogens is 1. The van der Waals surface area contributed by atoms with Gasteiger partial charge < -0.3 is 15.0 Å². The summed E-state index contributed by atoms with van der Waals surface area (Å²) in [5.41, 5.74) is 3.19. The van der Waals surface area contributed by atoms with Gasteiger partial charge in [-0.25, -0.2) is 9.37 Å². The second kappa shape index (κ2) is 6.20. The molecule has 2 N–H and O–H groups in total. The predicted molar refractivity (Wildman–Crippen MR) is 102 cm³/mol. The van der Waals surface area contributed by atoms with Gasteiger partial charge in [-0.05, 0) is 48.0 Å². The Hall–Kier alpha value is -3.67. The van der Waals surface area contributed by atoms with Gasteiger partial charge in [-0.3, -0.25) is 4.79 Å². The molecule has 1 aliphatic heterocycles. The summed E-state index contributed by atoms with van der Waals surface area (Å²) in [4.78, 5) is 22.3. The lowest BCUT2D eigenvalue weighted by atomic mass is 10.0. The highest BCUT2D eigenvalue weighted by Gasteiger charge is 2.36. The Morgan fingerprint density at radius 2 is 1.96 bits per heavy atom. The number of benzene rings is 2. The number of hydrogen-bond acceptors (Lipinski definition) is 3. The van der Waals surface area contributed by atoms with E-state index in [0.29, 0.717) is 29.0 Å². The Labute approximate surface area is 160 Å². The first-order chi connectivity index (χ1) is 13.6. The van der Waals surface area contributed by atoms with E-state index in [-0.39, 0.29) is 11.7 Å². The third-order valence-electron chi connectivity index (χ3n) is 5.15. The zero-order chi connectivity index (χ0) is 19.3. The lowest BCUT2D eigenvalue weighted by molar-refractivity contribution is 0.0726. The van der Waals surface area contributed by atoms with Crippen LogP contribution in [0, 0.1) is 5.82 Å². The molecule has 5 nitrogen and oxygen atoms in total. The number of aromatic nitrogens is 2. The lowest BCUT2D eigenvalue weighted by Gasteiger charge is -2.28. The molecule has 1 aliphatic rings. The van der Waals surface area contributed by atoms with Crippen LogP contribution in [-0.2, 0) is 6.54 Å². The Balaban J connectivity index is 1.69. The normalized spacial score (nSPS) is 14.5. The van der Waals surface area contributed by atoms with E-state index in [0.717, 1.165) is 10.9 Å². The van der Waals surface area contributed by atoms with E-state index >= 15 is 0 Å². The van der Waals surface area contributed by atoms with Crippen LogP contribution < -0.4 is 0 Å². The zero-order valence-electron chi connectivity index (χ0n) is 14.8. The minimum absolute atomic E-state index is 0.0678. The quantitative estimate of drug-likeness (QED) is 0.567. The second-order valence-electron chi connectivity index (χ2n) is 6.86. The number of carbonyl (C=O) groups is 1. The third-order valence-corrected chi connectivity index (χ3v) is 5.15. The number of fused-ring (bicyclic) bond motifs is 2. The number of rotatable bonds is 3. The molecule has 0 fully saturated rings. The van der Waals surface area contributed by atoms with Gasteiger partial charge in [0.2, 0.25) is 0 Å². The number of carbonyl (C=O) groups excluding carboxylic acids is 1. The van der Waals surface area contributed by atoms with E-state index in [1.165, 1.54) is 18.2 Å². The first-order valence-electron chi connectivity index (χ1n) is 8.93. The molecule has 0 unspecified atom stereocenters. The average Bonchev–Trinajstić information content (AvgIpc) is 3.27. The van der Waals surface area contributed by atoms with Crippen molar-refractivity contribution >= 4 is 16.9 Å². The summed E-state index contributed by atoms with van der Waals surface area (Å²) in [7, 11) is 0. The van der Waals surface area contributed by atoms with E-state index in [4.69, 9.17) is 0 Å². The first-order valence-corrected chi connectivity index (χ1v) is 8.93. The molecule has 1 atom stereocenters. The largest absolute Gasteiger partial charge is 0.508 e. The number of aromatic hydroxyl groups is 1. The molecule has 6 heteroatoms. The second-order valence-corrected chi connectivity index (χ2v) is 6.86. The minimum Gasteiger partial charge on any atom is -0.508 e. The third kappa shape index (κ3) is 2.53. The summed E-state index contributed by atoms with van der Waals surface area (Å²) in [6.07, 6.45) is 1.67. The number of nitrogens with one attached hydrogen (secondary N) is 1. The van der Waals surface area contributed by atoms with Gasteiger partial charge in [0, 0.05) is 34.9 Å². The van der Waals surface area contributed by atoms with Gasteiger partial charge in [-0.1, -0.05) is 18.2 Å². The summed E-state index contributed by atoms with van der Waals surface area (Å²) in [5, 5.41) is 11.3. The standard InChI is InChI=1S/C22H16FN3O2/c23-15-7-8-19(27)17(11-15)20(18-10-13-5-3-9-24-21(13)25-18)26-12-14-4-1-2-6-16(14)22(26)28/h1-11,20,27H,12H2,(H,24,25)/t20-/m0/s1. The van der Waals surface area contributed by atoms with Gasteiger partial charge >= 0.3 is 0 Å². The van der Waals surface area contributed by atoms with Crippen LogP contribution in [0.3, 0.4) is 0 Å². The fraction of sp³-hybridized carbons (Fsp3) is 0.0909. The number of nitrogens with zero attached hydrogens (tertiary/aromatic N) is 2. The van der Waals surface area contributed by atoms with Crippen LogP contribution >= 0.6 is 0 Å². The van der Waals surface area contributed by atoms with Crippen molar-refractivity contribution in [2.75, 3.05) is 0 Å². The van der Waals surface area contributed by atoms with Crippen molar-refractivity contribution in [2.45, 2.75) is 12.6 Å². The van der Waals surface area contributed by atoms with Crippen LogP contribution in [0.1, 0.15) is 33.2 Å². The van der Waals surface area contributed by atoms with Crippen molar-refractivity contribution in [2.24, 2.45) is 0 Å². The summed E-state index contributed by atoms with van der Waals surface area (Å²) in [5.74, 6) is -0.700. The van der Waals surface area contributed by atoms with Crippen LogP contribution in [0.4, 0.5) is 4.39 Å². The fourth-order valence-corrected chi connectivity index (χ4v) is 3.86. The molecular weight excluding hydrogens is 357 g/mol. The highest BCUT2D eigenvalue weighted by atomic mass is 19.1. The van der Waals surface area contributed by atoms with Crippen LogP contribution in [0.2, 0.25) is 0 Å². The molecule has 3 heterocycles. The monoisotopic (exact) mass is 373 g/mol. The number of amides is 1. The number of aromatic amines is 1. The van der Waals surface area contributed by atoms with E-state index in [1.54, 1.807) is 17.2 Å². The zero-order valence-corrected chi connectivity index (χ0v) is 14.8. The molecular formula is C22H16FN3O2. The summed E-state index contributed by atoms with van der Waals surface area (Å²) in [6.45, 7) is 0.373. The molecule has 0 bridgehead atoms. The maximum absolute atomic E-state index is 14.0. The molecule has 2 aromatic carbocycles. The van der Waals surface area contributed by atoms with Gasteiger partial charge in [0.1, 0.15) is 23.3 Å². The topological polar surface area (TPSA) is 69.2 Å². The smallest absolute Gasteiger partial charge is 0.255 e. The molecule has 0 aliphatic carbocycles. The highest BCUT2D eigenvalue weighted by Crippen LogP contribution is 2.39. The minimum atomic E-state index is -0.676. The van der Waals surface area contributed by atoms with Crippen LogP contribution in [-0.4, -0.2) is 25.9 Å². The summed E-state index contributed by atoms with van der Waals surface area (Å²) < 4.78 is 14.0. The number of pyridine rings is 1. The van der Waals surface area contributed by atoms with Crippen molar-refractivity contribution < 1.29 is 14.3 Å². The maximum Gasteiger partial charge on any atom is 0.255 e. The van der Waals surface area contributed by atoms with Crippen molar-refractivity contribution in [1.29, 1.82) is 0 Å². The molecule has 0 spiro atoms. The number of phenolic OH excluding ortho intramolecular Hbond substituents is 1. The molecule has 4 aromatic rings. The Morgan fingerprint density at radius 1 is 1.11 bits per heavy atom. The number of hydrogen-bond donors (Lipinski definition) is 2. The molecule has 2 aromatic heterocycles. The van der Waals surface area contributed by atoms with Crippen molar-refractivity contribution in [3.8, 4) is 5.75 Å². The van der Waals surface area contributed by atoms with E-state index < -0.39 is 11.9 Å². The Bertz CT molecular complexity index is 1180.